The van der Waals surface area contributed by atoms with Gasteiger partial charge in [0, 0.05) is 39.8 Å². The van der Waals surface area contributed by atoms with Gasteiger partial charge in [-0.1, -0.05) is 6.92 Å². The third kappa shape index (κ3) is 3.34. The van der Waals surface area contributed by atoms with Gasteiger partial charge in [-0.3, -0.25) is 14.5 Å². The van der Waals surface area contributed by atoms with E-state index in [1.165, 1.54) is 5.69 Å². The smallest absolute Gasteiger partial charge is 0.0976 e. The molecule has 0 saturated carbocycles. The summed E-state index contributed by atoms with van der Waals surface area (Å²) in [5.41, 5.74) is 2.34. The molecular weight excluding hydrogens is 238 g/mol. The van der Waals surface area contributed by atoms with E-state index in [9.17, 15) is 0 Å². The van der Waals surface area contributed by atoms with Gasteiger partial charge in [-0.15, -0.1) is 0 Å². The second kappa shape index (κ2) is 6.18. The quantitative estimate of drug-likeness (QED) is 0.816. The van der Waals surface area contributed by atoms with Crippen LogP contribution in [0, 0.1) is 18.3 Å². The van der Waals surface area contributed by atoms with Crippen LogP contribution in [0.3, 0.4) is 0 Å². The van der Waals surface area contributed by atoms with Crippen LogP contribution in [-0.4, -0.2) is 51.8 Å². The van der Waals surface area contributed by atoms with Crippen molar-refractivity contribution in [3.05, 3.63) is 17.5 Å². The van der Waals surface area contributed by atoms with Crippen LogP contribution in [0.1, 0.15) is 24.7 Å². The molecule has 1 atom stereocenters. The van der Waals surface area contributed by atoms with Crippen LogP contribution in [0.15, 0.2) is 6.07 Å². The number of nitrogens with zero attached hydrogens (tertiary/aromatic N) is 5. The van der Waals surface area contributed by atoms with Gasteiger partial charge in [-0.05, 0) is 19.4 Å². The Kier molecular flexibility index (Phi) is 4.56. The fourth-order valence-corrected chi connectivity index (χ4v) is 2.71. The Morgan fingerprint density at radius 2 is 2.05 bits per heavy atom. The number of nitriles is 1. The van der Waals surface area contributed by atoms with E-state index >= 15 is 0 Å². The highest BCUT2D eigenvalue weighted by molar-refractivity contribution is 5.08. The van der Waals surface area contributed by atoms with Gasteiger partial charge in [0.2, 0.25) is 0 Å². The fourth-order valence-electron chi connectivity index (χ4n) is 2.71. The molecule has 19 heavy (non-hydrogen) atoms. The Balaban J connectivity index is 1.87. The average molecular weight is 261 g/mol. The molecule has 1 aliphatic heterocycles. The molecule has 1 aliphatic rings. The van der Waals surface area contributed by atoms with Crippen LogP contribution in [0.4, 0.5) is 0 Å². The summed E-state index contributed by atoms with van der Waals surface area (Å²) < 4.78 is 1.96. The van der Waals surface area contributed by atoms with Crippen molar-refractivity contribution in [1.29, 1.82) is 5.26 Å². The normalized spacial score (nSPS) is 19.3. The van der Waals surface area contributed by atoms with E-state index in [0.717, 1.165) is 44.8 Å². The van der Waals surface area contributed by atoms with Crippen molar-refractivity contribution in [3.8, 4) is 6.07 Å². The van der Waals surface area contributed by atoms with Crippen molar-refractivity contribution in [2.75, 3.05) is 26.2 Å². The molecule has 0 aliphatic carbocycles. The van der Waals surface area contributed by atoms with Crippen LogP contribution in [-0.2, 0) is 13.6 Å². The van der Waals surface area contributed by atoms with Crippen molar-refractivity contribution < 1.29 is 0 Å². The van der Waals surface area contributed by atoms with Crippen molar-refractivity contribution in [2.24, 2.45) is 7.05 Å². The maximum absolute atomic E-state index is 9.10. The van der Waals surface area contributed by atoms with Gasteiger partial charge in [0.15, 0.2) is 0 Å². The topological polar surface area (TPSA) is 48.1 Å². The third-order valence-corrected chi connectivity index (χ3v) is 3.87. The van der Waals surface area contributed by atoms with Gasteiger partial charge in [-0.2, -0.15) is 10.4 Å². The van der Waals surface area contributed by atoms with E-state index in [4.69, 9.17) is 5.26 Å². The van der Waals surface area contributed by atoms with E-state index in [1.54, 1.807) is 0 Å². The molecule has 0 spiro atoms. The first-order chi connectivity index (χ1) is 9.13. The lowest BCUT2D eigenvalue weighted by Crippen LogP contribution is -2.49. The molecule has 1 unspecified atom stereocenters. The molecule has 1 saturated heterocycles. The maximum Gasteiger partial charge on any atom is 0.0976 e. The van der Waals surface area contributed by atoms with Crippen LogP contribution in [0.25, 0.3) is 0 Å². The molecule has 5 heteroatoms. The zero-order valence-electron chi connectivity index (χ0n) is 12.1. The summed E-state index contributed by atoms with van der Waals surface area (Å²) >= 11 is 0. The molecule has 1 fully saturated rings. The predicted octanol–water partition coefficient (Wildman–Crippen LogP) is 1.15. The van der Waals surface area contributed by atoms with Gasteiger partial charge < -0.3 is 0 Å². The number of piperazine rings is 1. The van der Waals surface area contributed by atoms with Crippen molar-refractivity contribution in [2.45, 2.75) is 32.9 Å². The number of aromatic nitrogens is 2. The molecule has 0 bridgehead atoms. The second-order valence-corrected chi connectivity index (χ2v) is 5.27. The number of aryl methyl sites for hydroxylation is 2. The largest absolute Gasteiger partial charge is 0.295 e. The summed E-state index contributed by atoms with van der Waals surface area (Å²) in [7, 11) is 2.00. The lowest BCUT2D eigenvalue weighted by molar-refractivity contribution is 0.106. The zero-order chi connectivity index (χ0) is 13.8. The summed E-state index contributed by atoms with van der Waals surface area (Å²) in [6.07, 6.45) is 0.914. The first kappa shape index (κ1) is 14.0. The summed E-state index contributed by atoms with van der Waals surface area (Å²) in [6.45, 7) is 9.10. The minimum absolute atomic E-state index is 0.0843. The number of hydrogen-bond acceptors (Lipinski definition) is 4. The maximum atomic E-state index is 9.10. The highest BCUT2D eigenvalue weighted by Crippen LogP contribution is 2.12. The van der Waals surface area contributed by atoms with E-state index in [0.29, 0.717) is 0 Å². The van der Waals surface area contributed by atoms with E-state index in [1.807, 2.05) is 18.7 Å². The molecule has 0 N–H and O–H groups in total. The minimum Gasteiger partial charge on any atom is -0.295 e. The molecule has 5 nitrogen and oxygen atoms in total. The summed E-state index contributed by atoms with van der Waals surface area (Å²) in [5, 5.41) is 13.5. The standard InChI is InChI=1S/C14H23N5/c1-4-13(10-15)19-7-5-18(6-8-19)11-14-9-12(2)16-17(14)3/h9,13H,4-8,11H2,1-3H3. The summed E-state index contributed by atoms with van der Waals surface area (Å²) in [5.74, 6) is 0. The lowest BCUT2D eigenvalue weighted by atomic mass is 10.2. The molecule has 2 heterocycles. The highest BCUT2D eigenvalue weighted by Gasteiger charge is 2.22. The van der Waals surface area contributed by atoms with Gasteiger partial charge in [0.05, 0.1) is 23.5 Å². The predicted molar refractivity (Wildman–Crippen MR) is 74.5 cm³/mol. The first-order valence-corrected chi connectivity index (χ1v) is 6.99. The molecule has 1 aromatic heterocycles. The van der Waals surface area contributed by atoms with Gasteiger partial charge in [0.1, 0.15) is 0 Å². The molecule has 2 rings (SSSR count). The Hall–Kier alpha value is -1.38. The van der Waals surface area contributed by atoms with Gasteiger partial charge in [-0.25, -0.2) is 0 Å². The van der Waals surface area contributed by atoms with Crippen molar-refractivity contribution in [1.82, 2.24) is 19.6 Å². The average Bonchev–Trinajstić information content (AvgIpc) is 2.71. The van der Waals surface area contributed by atoms with Gasteiger partial charge in [0.25, 0.3) is 0 Å². The van der Waals surface area contributed by atoms with Crippen LogP contribution >= 0.6 is 0 Å². The number of rotatable bonds is 4. The third-order valence-electron chi connectivity index (χ3n) is 3.87. The monoisotopic (exact) mass is 261 g/mol. The minimum atomic E-state index is 0.0843. The lowest BCUT2D eigenvalue weighted by Gasteiger charge is -2.36. The van der Waals surface area contributed by atoms with Crippen LogP contribution in [0.5, 0.6) is 0 Å². The van der Waals surface area contributed by atoms with Crippen molar-refractivity contribution in [3.63, 3.8) is 0 Å². The van der Waals surface area contributed by atoms with E-state index in [2.05, 4.69) is 34.0 Å². The number of hydrogen-bond donors (Lipinski definition) is 0. The summed E-state index contributed by atoms with van der Waals surface area (Å²) in [6, 6.07) is 4.63. The molecule has 104 valence electrons. The highest BCUT2D eigenvalue weighted by atomic mass is 15.3. The molecule has 0 radical (unpaired) electrons. The first-order valence-electron chi connectivity index (χ1n) is 6.99. The second-order valence-electron chi connectivity index (χ2n) is 5.27. The Bertz CT molecular complexity index is 451. The molecule has 0 amide bonds. The van der Waals surface area contributed by atoms with Crippen LogP contribution < -0.4 is 0 Å². The Labute approximate surface area is 115 Å². The van der Waals surface area contributed by atoms with Crippen molar-refractivity contribution >= 4 is 0 Å². The van der Waals surface area contributed by atoms with E-state index < -0.39 is 0 Å². The van der Waals surface area contributed by atoms with E-state index in [-0.39, 0.29) is 6.04 Å². The zero-order valence-corrected chi connectivity index (χ0v) is 12.1. The molecular formula is C14H23N5. The Morgan fingerprint density at radius 3 is 2.53 bits per heavy atom. The van der Waals surface area contributed by atoms with Gasteiger partial charge >= 0.3 is 0 Å². The van der Waals surface area contributed by atoms with Crippen LogP contribution in [0.2, 0.25) is 0 Å². The Morgan fingerprint density at radius 1 is 1.37 bits per heavy atom. The molecule has 1 aromatic rings. The molecule has 0 aromatic carbocycles. The fraction of sp³-hybridized carbons (Fsp3) is 0.714. The SMILES string of the molecule is CCC(C#N)N1CCN(Cc2cc(C)nn2C)CC1. The summed E-state index contributed by atoms with van der Waals surface area (Å²) in [4.78, 5) is 4.74.